The molecular formula is C72H96F2N12O16. The van der Waals surface area contributed by atoms with Crippen LogP contribution in [0.3, 0.4) is 0 Å². The fourth-order valence-electron chi connectivity index (χ4n) is 11.8. The lowest BCUT2D eigenvalue weighted by Crippen LogP contribution is -2.40. The molecule has 0 bridgehead atoms. The topological polar surface area (TPSA) is 336 Å². The maximum absolute atomic E-state index is 13.9. The predicted octanol–water partition coefficient (Wildman–Crippen LogP) is 6.42. The summed E-state index contributed by atoms with van der Waals surface area (Å²) in [6, 6.07) is 12.1. The number of ether oxygens (including phenoxy) is 10. The number of likely N-dealkylation sites (tertiary alicyclic amines) is 2. The van der Waals surface area contributed by atoms with Gasteiger partial charge in [0.15, 0.2) is 11.6 Å². The molecule has 2 saturated heterocycles. The first-order chi connectivity index (χ1) is 49.8. The number of nitrogens with zero attached hydrogens (tertiary/aromatic N) is 9. The summed E-state index contributed by atoms with van der Waals surface area (Å²) in [6.45, 7) is 12.0. The van der Waals surface area contributed by atoms with Crippen LogP contribution in [0.15, 0.2) is 76.6 Å². The van der Waals surface area contributed by atoms with Crippen LogP contribution in [0.1, 0.15) is 116 Å². The second kappa shape index (κ2) is 44.2. The molecule has 0 spiro atoms. The van der Waals surface area contributed by atoms with Gasteiger partial charge in [0.1, 0.15) is 23.3 Å². The Balaban J connectivity index is 0.558. The summed E-state index contributed by atoms with van der Waals surface area (Å²) in [5, 5.41) is 34.5. The number of benzene rings is 2. The average Bonchev–Trinajstić information content (AvgIpc) is 1.60. The van der Waals surface area contributed by atoms with Crippen LogP contribution in [0.4, 0.5) is 8.78 Å². The van der Waals surface area contributed by atoms with Gasteiger partial charge in [0, 0.05) is 51.1 Å². The van der Waals surface area contributed by atoms with E-state index in [9.17, 15) is 43.1 Å². The molecule has 3 aliphatic rings. The zero-order valence-electron chi connectivity index (χ0n) is 58.4. The number of unbranched alkanes of at least 4 members (excludes halogenated alkanes) is 2. The number of allylic oxidation sites excluding steroid dienone is 1. The fraction of sp³-hybridized carbons (Fsp3) is 0.569. The molecule has 4 N–H and O–H groups in total. The highest BCUT2D eigenvalue weighted by Gasteiger charge is 2.32. The number of hydrogen-bond donors (Lipinski definition) is 4. The van der Waals surface area contributed by atoms with Gasteiger partial charge < -0.3 is 77.9 Å². The number of esters is 1. The van der Waals surface area contributed by atoms with Gasteiger partial charge in [-0.25, -0.2) is 23.4 Å². The van der Waals surface area contributed by atoms with Gasteiger partial charge in [-0.15, -0.1) is 5.10 Å². The van der Waals surface area contributed by atoms with Crippen molar-refractivity contribution in [2.24, 2.45) is 15.9 Å². The zero-order valence-corrected chi connectivity index (χ0v) is 58.4. The van der Waals surface area contributed by atoms with Gasteiger partial charge in [0.05, 0.1) is 185 Å². The molecule has 0 radical (unpaired) electrons. The maximum Gasteiger partial charge on any atom is 0.313 e. The summed E-state index contributed by atoms with van der Waals surface area (Å²) in [5.41, 5.74) is 4.11. The number of Topliss-reactive ketones (excluding diaryl/α,β-unsaturated/α-hetero) is 1. The zero-order chi connectivity index (χ0) is 72.1. The van der Waals surface area contributed by atoms with Crippen molar-refractivity contribution in [2.75, 3.05) is 152 Å². The van der Waals surface area contributed by atoms with E-state index < -0.39 is 47.3 Å². The van der Waals surface area contributed by atoms with Crippen LogP contribution < -0.4 is 20.1 Å². The molecule has 3 amide bonds. The van der Waals surface area contributed by atoms with Crippen molar-refractivity contribution >= 4 is 58.0 Å². The fourth-order valence-corrected chi connectivity index (χ4v) is 11.8. The maximum atomic E-state index is 13.9. The van der Waals surface area contributed by atoms with Gasteiger partial charge in [0.25, 0.3) is 17.6 Å². The van der Waals surface area contributed by atoms with Crippen molar-refractivity contribution in [3.05, 3.63) is 106 Å². The molecule has 0 aliphatic carbocycles. The Hall–Kier alpha value is -8.35. The van der Waals surface area contributed by atoms with Crippen LogP contribution in [0, 0.1) is 35.8 Å². The summed E-state index contributed by atoms with van der Waals surface area (Å²) in [6.07, 6.45) is 14.5. The number of nitrogens with one attached hydrogen (secondary N) is 3. The number of carbonyl (C=O) groups excluding carboxylic acids is 5. The minimum absolute atomic E-state index is 0.0196. The number of carbonyl (C=O) groups is 5. The van der Waals surface area contributed by atoms with Crippen LogP contribution in [0.25, 0.3) is 16.5 Å². The van der Waals surface area contributed by atoms with E-state index in [1.54, 1.807) is 4.68 Å². The number of piperidine rings is 2. The molecule has 30 heteroatoms. The first kappa shape index (κ1) is 79.4. The number of rotatable bonds is 48. The van der Waals surface area contributed by atoms with Crippen LogP contribution >= 0.6 is 0 Å². The second-order valence-corrected chi connectivity index (χ2v) is 24.7. The van der Waals surface area contributed by atoms with Crippen LogP contribution in [-0.2, 0) is 70.2 Å². The average molecular weight is 1420 g/mol. The Morgan fingerprint density at radius 3 is 2.10 bits per heavy atom. The Morgan fingerprint density at radius 2 is 1.44 bits per heavy atom. The number of H-pyrrole nitrogens is 1. The minimum Gasteiger partial charge on any atom is -0.494 e. The normalized spacial score (nSPS) is 15.2. The molecule has 3 aromatic heterocycles. The number of pyridine rings is 1. The van der Waals surface area contributed by atoms with Crippen molar-refractivity contribution in [1.29, 1.82) is 5.26 Å². The molecule has 8 rings (SSSR count). The Kier molecular flexibility index (Phi) is 34.4. The number of fused-ring (bicyclic) bond motifs is 1. The quantitative estimate of drug-likeness (QED) is 0.00815. The summed E-state index contributed by atoms with van der Waals surface area (Å²) in [4.78, 5) is 85.8. The number of aliphatic hydroxyl groups excluding tert-OH is 1. The van der Waals surface area contributed by atoms with E-state index in [0.717, 1.165) is 68.9 Å². The number of ketones is 1. The van der Waals surface area contributed by atoms with Gasteiger partial charge >= 0.3 is 5.97 Å². The molecule has 28 nitrogen and oxygen atoms in total. The first-order valence-corrected chi connectivity index (χ1v) is 35.1. The van der Waals surface area contributed by atoms with Gasteiger partial charge in [-0.3, -0.25) is 29.0 Å². The van der Waals surface area contributed by atoms with E-state index in [0.29, 0.717) is 184 Å². The molecular weight excluding hydrogens is 1330 g/mol. The molecule has 3 aliphatic heterocycles. The SMILES string of the molecule is COc1cnc(C2C=NC(C(=O)N[C@H](CO)CCCCNC(=O)CCCCC3CCN(CCOCCOCCOCCOCc4cn(CCOCCOCCOCCOCCC(=O)Oc5c(C)cc(F)cc5F)nn4)CC3)=N2)c2[nH]cc(C(=O)C(=O)N3CCC(=C(C#N)c4ccccc4)CC3)c12. The molecule has 2 fully saturated rings. The molecule has 2 aromatic carbocycles. The third-order valence-corrected chi connectivity index (χ3v) is 17.4. The van der Waals surface area contributed by atoms with Crippen LogP contribution in [0.2, 0.25) is 0 Å². The van der Waals surface area contributed by atoms with Gasteiger partial charge in [-0.05, 0) is 100 Å². The Labute approximate surface area is 592 Å². The standard InChI is InChI=1S/C72H96F2N12O16/c1-51-42-55(73)43-60(74)69(51)102-64(89)19-27-94-30-33-97-36-37-99-35-32-96-29-26-86-48-57(82-83-86)50-101-41-40-100-39-38-98-34-31-95-28-25-84-21-15-52(16-22-84)10-6-7-14-63(88)76-20-9-8-13-56(49-87)80-71(91)70-79-46-61(81-70)66-67-65(62(93-2)47-78-66)59(45-77-67)68(90)72(92)85-23-17-54(18-24-85)58(44-75)53-11-4-3-5-12-53/h3-5,11-12,42-43,45-48,52,56,61,77,87H,6-10,13-41,49-50H2,1-2H3,(H,76,88)(H,80,91)/t56-,61?/m0/s1. The smallest absolute Gasteiger partial charge is 0.313 e. The summed E-state index contributed by atoms with van der Waals surface area (Å²) < 4.78 is 84.1. The summed E-state index contributed by atoms with van der Waals surface area (Å²) in [7, 11) is 1.44. The summed E-state index contributed by atoms with van der Waals surface area (Å²) >= 11 is 0. The number of nitriles is 1. The minimum atomic E-state index is -0.936. The number of methoxy groups -OCH3 is 1. The predicted molar refractivity (Wildman–Crippen MR) is 371 cm³/mol. The van der Waals surface area contributed by atoms with Gasteiger partial charge in [-0.1, -0.05) is 48.4 Å². The van der Waals surface area contributed by atoms with E-state index in [2.05, 4.69) is 51.9 Å². The lowest BCUT2D eigenvalue weighted by Gasteiger charge is -2.31. The van der Waals surface area contributed by atoms with Crippen molar-refractivity contribution in [3.8, 4) is 17.6 Å². The van der Waals surface area contributed by atoms with Crippen molar-refractivity contribution < 1.29 is 85.2 Å². The molecule has 102 heavy (non-hydrogen) atoms. The number of halogens is 2. The molecule has 1 unspecified atom stereocenters. The number of aromatic amines is 1. The largest absolute Gasteiger partial charge is 0.494 e. The molecule has 6 heterocycles. The number of amides is 3. The second-order valence-electron chi connectivity index (χ2n) is 24.7. The number of hydrogen-bond acceptors (Lipinski definition) is 23. The molecule has 2 atom stereocenters. The van der Waals surface area contributed by atoms with E-state index in [-0.39, 0.29) is 73.7 Å². The van der Waals surface area contributed by atoms with Crippen molar-refractivity contribution in [3.63, 3.8) is 0 Å². The van der Waals surface area contributed by atoms with Gasteiger partial charge in [-0.2, -0.15) is 5.26 Å². The molecule has 5 aromatic rings. The lowest BCUT2D eigenvalue weighted by atomic mass is 9.91. The number of aliphatic imine (C=N–C) groups is 2. The number of aryl methyl sites for hydroxylation is 1. The number of amidine groups is 1. The Bertz CT molecular complexity index is 3560. The highest BCUT2D eigenvalue weighted by molar-refractivity contribution is 6.45. The lowest BCUT2D eigenvalue weighted by molar-refractivity contribution is -0.136. The van der Waals surface area contributed by atoms with E-state index in [4.69, 9.17) is 47.4 Å². The van der Waals surface area contributed by atoms with E-state index >= 15 is 0 Å². The van der Waals surface area contributed by atoms with Crippen molar-refractivity contribution in [2.45, 2.75) is 109 Å². The third kappa shape index (κ3) is 26.2. The first-order valence-electron chi connectivity index (χ1n) is 35.1. The van der Waals surface area contributed by atoms with E-state index in [1.807, 2.05) is 36.5 Å². The van der Waals surface area contributed by atoms with Crippen LogP contribution in [-0.4, -0.2) is 240 Å². The number of aliphatic hydroxyl groups is 1. The molecule has 0 saturated carbocycles. The monoisotopic (exact) mass is 1420 g/mol. The number of aromatic nitrogens is 5. The third-order valence-electron chi connectivity index (χ3n) is 17.4. The van der Waals surface area contributed by atoms with E-state index in [1.165, 1.54) is 37.5 Å². The Morgan fingerprint density at radius 1 is 0.784 bits per heavy atom. The molecule has 554 valence electrons. The summed E-state index contributed by atoms with van der Waals surface area (Å²) in [5.74, 6) is -3.78. The highest BCUT2D eigenvalue weighted by Crippen LogP contribution is 2.35. The highest BCUT2D eigenvalue weighted by atomic mass is 19.1. The van der Waals surface area contributed by atoms with Gasteiger partial charge in [0.2, 0.25) is 11.7 Å². The van der Waals surface area contributed by atoms with Crippen molar-refractivity contribution in [1.82, 2.24) is 45.4 Å². The van der Waals surface area contributed by atoms with Crippen LogP contribution in [0.5, 0.6) is 11.5 Å².